The number of aliphatic hydroxyl groups is 1. The number of nitrogen functional groups attached to an aromatic ring is 1. The summed E-state index contributed by atoms with van der Waals surface area (Å²) in [6.45, 7) is 12.4. The van der Waals surface area contributed by atoms with Gasteiger partial charge in [-0.15, -0.1) is 0 Å². The fourth-order valence-electron chi connectivity index (χ4n) is 7.81. The van der Waals surface area contributed by atoms with E-state index in [1.54, 1.807) is 22.1 Å². The Kier molecular flexibility index (Phi) is 14.9. The molecule has 0 spiro atoms. The molecule has 1 saturated heterocycles. The summed E-state index contributed by atoms with van der Waals surface area (Å²) in [6.07, 6.45) is 0.390. The number of methoxy groups -OCH3 is 1. The minimum Gasteiger partial charge on any atom is -0.453 e. The number of hydrogen-bond donors (Lipinski definition) is 5. The van der Waals surface area contributed by atoms with Gasteiger partial charge in [0.05, 0.1) is 24.9 Å². The van der Waals surface area contributed by atoms with Crippen molar-refractivity contribution in [2.45, 2.75) is 91.1 Å². The molecule has 1 aliphatic rings. The zero-order chi connectivity index (χ0) is 43.6. The molecule has 3 aromatic carbocycles. The first kappa shape index (κ1) is 45.1. The van der Waals surface area contributed by atoms with Crippen LogP contribution in [0.3, 0.4) is 0 Å². The highest BCUT2D eigenvalue weighted by Gasteiger charge is 2.45. The summed E-state index contributed by atoms with van der Waals surface area (Å²) in [4.78, 5) is 62.3. The Morgan fingerprint density at radius 1 is 0.833 bits per heavy atom. The molecule has 0 saturated carbocycles. The maximum Gasteiger partial charge on any atom is 0.407 e. The highest BCUT2D eigenvalue weighted by atomic mass is 16.5. The highest BCUT2D eigenvalue weighted by Crippen LogP contribution is 2.32. The number of nitrogens with two attached hydrogens (primary N) is 1. The van der Waals surface area contributed by atoms with E-state index in [4.69, 9.17) is 10.5 Å². The number of anilines is 1. The van der Waals surface area contributed by atoms with Crippen molar-refractivity contribution in [2.75, 3.05) is 32.5 Å². The molecule has 2 heterocycles. The first-order valence-corrected chi connectivity index (χ1v) is 20.5. The summed E-state index contributed by atoms with van der Waals surface area (Å²) >= 11 is 0. The molecule has 320 valence electrons. The van der Waals surface area contributed by atoms with Gasteiger partial charge in [0.15, 0.2) is 0 Å². The van der Waals surface area contributed by atoms with Crippen LogP contribution < -0.4 is 21.7 Å². The molecule has 5 atom stereocenters. The minimum atomic E-state index is -1.15. The van der Waals surface area contributed by atoms with Crippen LogP contribution in [-0.4, -0.2) is 94.8 Å². The van der Waals surface area contributed by atoms with Gasteiger partial charge < -0.3 is 41.3 Å². The van der Waals surface area contributed by atoms with E-state index in [1.807, 2.05) is 133 Å². The normalized spacial score (nSPS) is 15.7. The second-order valence-corrected chi connectivity index (χ2v) is 17.6. The molecule has 1 aliphatic heterocycles. The number of carbonyl (C=O) groups excluding carboxylic acids is 4. The highest BCUT2D eigenvalue weighted by molar-refractivity contribution is 5.89. The first-order valence-electron chi connectivity index (χ1n) is 20.5. The summed E-state index contributed by atoms with van der Waals surface area (Å²) in [5, 5.41) is 21.0. The van der Waals surface area contributed by atoms with Crippen LogP contribution in [0.4, 0.5) is 15.3 Å². The van der Waals surface area contributed by atoms with Crippen molar-refractivity contribution in [1.29, 1.82) is 0 Å². The van der Waals surface area contributed by atoms with Gasteiger partial charge in [-0.05, 0) is 58.6 Å². The molecule has 0 radical (unpaired) electrons. The number of ether oxygens (including phenoxy) is 1. The number of nitrogens with one attached hydrogen (secondary N) is 3. The summed E-state index contributed by atoms with van der Waals surface area (Å²) in [5.74, 6) is -1.26. The Labute approximate surface area is 354 Å². The Balaban J connectivity index is 1.45. The number of nitrogens with zero attached hydrogens (tertiary/aromatic N) is 3. The number of rotatable bonds is 16. The molecule has 5 amide bonds. The summed E-state index contributed by atoms with van der Waals surface area (Å²) in [7, 11) is 1.23. The largest absolute Gasteiger partial charge is 0.453 e. The van der Waals surface area contributed by atoms with Gasteiger partial charge >= 0.3 is 12.1 Å². The molecule has 1 aromatic heterocycles. The lowest BCUT2D eigenvalue weighted by Gasteiger charge is -2.39. The number of para-hydroxylation sites is 1. The molecule has 0 bridgehead atoms. The quantitative estimate of drug-likeness (QED) is 0.0838. The molecular formula is C47H61N7O6. The smallest absolute Gasteiger partial charge is 0.407 e. The number of alkyl carbamates (subject to hydrolysis) is 1. The van der Waals surface area contributed by atoms with Gasteiger partial charge in [0.1, 0.15) is 12.1 Å². The molecule has 5 rings (SSSR count). The molecule has 13 nitrogen and oxygen atoms in total. The van der Waals surface area contributed by atoms with Crippen LogP contribution in [0.2, 0.25) is 0 Å². The van der Waals surface area contributed by atoms with Crippen molar-refractivity contribution in [3.8, 4) is 11.3 Å². The summed E-state index contributed by atoms with van der Waals surface area (Å²) in [6, 6.07) is 28.1. The van der Waals surface area contributed by atoms with Crippen LogP contribution in [0.25, 0.3) is 11.3 Å². The number of pyridine rings is 1. The van der Waals surface area contributed by atoms with Crippen molar-refractivity contribution >= 4 is 29.6 Å². The Morgan fingerprint density at radius 3 is 2.12 bits per heavy atom. The second kappa shape index (κ2) is 19.9. The monoisotopic (exact) mass is 819 g/mol. The molecular weight excluding hydrogens is 759 g/mol. The first-order chi connectivity index (χ1) is 28.5. The maximum atomic E-state index is 14.9. The van der Waals surface area contributed by atoms with E-state index in [2.05, 4.69) is 20.9 Å². The summed E-state index contributed by atoms with van der Waals surface area (Å²) in [5.41, 5.74) is 9.98. The predicted octanol–water partition coefficient (Wildman–Crippen LogP) is 6.13. The minimum absolute atomic E-state index is 0.0486. The number of amides is 5. The maximum absolute atomic E-state index is 14.9. The molecule has 1 fully saturated rings. The zero-order valence-corrected chi connectivity index (χ0v) is 35.9. The van der Waals surface area contributed by atoms with Gasteiger partial charge in [-0.2, -0.15) is 0 Å². The average Bonchev–Trinajstić information content (AvgIpc) is 3.56. The number of benzene rings is 3. The molecule has 60 heavy (non-hydrogen) atoms. The fraction of sp³-hybridized carbons (Fsp3) is 0.426. The standard InChI is InChI=1S/C47H61N7O6/c1-46(2,3)40(52-44(58)60-7)42(56)50-26-24-38(55)39(35(32-15-9-8-10-16-32)29-31-20-22-33(23-21-31)37-19-13-14-25-49-37)51-43(57)41(47(4,5)6)54-28-27-53(45(54)59)30-34-17-11-12-18-36(34)48/h8-23,25,35,38-41,55H,24,26-30,48H2,1-7H3,(H,50,56)(H,51,57)(H,52,58). The third-order valence-electron chi connectivity index (χ3n) is 11.0. The van der Waals surface area contributed by atoms with Gasteiger partial charge in [0, 0.05) is 49.5 Å². The van der Waals surface area contributed by atoms with Gasteiger partial charge in [-0.1, -0.05) is 120 Å². The van der Waals surface area contributed by atoms with Crippen LogP contribution >= 0.6 is 0 Å². The van der Waals surface area contributed by atoms with Crippen LogP contribution in [0.5, 0.6) is 0 Å². The lowest BCUT2D eigenvalue weighted by Crippen LogP contribution is -2.59. The SMILES string of the molecule is COC(=O)NC(C(=O)NCCC(O)C(NC(=O)C(N1CCN(Cc2ccccc2N)C1=O)C(C)(C)C)C(Cc1ccc(-c2ccccn2)cc1)c1ccccc1)C(C)(C)C. The average molecular weight is 820 g/mol. The van der Waals surface area contributed by atoms with Crippen LogP contribution in [-0.2, 0) is 27.3 Å². The lowest BCUT2D eigenvalue weighted by molar-refractivity contribution is -0.131. The fourth-order valence-corrected chi connectivity index (χ4v) is 7.81. The topological polar surface area (TPSA) is 179 Å². The van der Waals surface area contributed by atoms with E-state index in [1.165, 1.54) is 7.11 Å². The molecule has 0 aliphatic carbocycles. The van der Waals surface area contributed by atoms with Crippen LogP contribution in [0.15, 0.2) is 103 Å². The second-order valence-electron chi connectivity index (χ2n) is 17.6. The van der Waals surface area contributed by atoms with Crippen LogP contribution in [0, 0.1) is 10.8 Å². The van der Waals surface area contributed by atoms with E-state index in [-0.39, 0.29) is 19.0 Å². The molecule has 4 aromatic rings. The van der Waals surface area contributed by atoms with Crippen molar-refractivity contribution in [3.63, 3.8) is 0 Å². The van der Waals surface area contributed by atoms with Gasteiger partial charge in [0.2, 0.25) is 11.8 Å². The van der Waals surface area contributed by atoms with E-state index in [0.717, 1.165) is 27.9 Å². The number of hydrogen-bond acceptors (Lipinski definition) is 8. The van der Waals surface area contributed by atoms with Crippen LogP contribution in [0.1, 0.15) is 70.6 Å². The number of aliphatic hydroxyl groups excluding tert-OH is 1. The summed E-state index contributed by atoms with van der Waals surface area (Å²) < 4.78 is 4.76. The number of urea groups is 1. The van der Waals surface area contributed by atoms with E-state index in [0.29, 0.717) is 31.7 Å². The molecule has 5 unspecified atom stereocenters. The van der Waals surface area contributed by atoms with E-state index >= 15 is 0 Å². The zero-order valence-electron chi connectivity index (χ0n) is 35.9. The van der Waals surface area contributed by atoms with Crippen molar-refractivity contribution in [3.05, 3.63) is 120 Å². The number of aromatic nitrogens is 1. The number of carbonyl (C=O) groups is 4. The third kappa shape index (κ3) is 11.6. The molecule has 6 N–H and O–H groups in total. The van der Waals surface area contributed by atoms with E-state index < -0.39 is 58.9 Å². The van der Waals surface area contributed by atoms with E-state index in [9.17, 15) is 24.3 Å². The Hall–Kier alpha value is -5.95. The Morgan fingerprint density at radius 2 is 1.50 bits per heavy atom. The van der Waals surface area contributed by atoms with Crippen molar-refractivity contribution in [2.24, 2.45) is 10.8 Å². The van der Waals surface area contributed by atoms with Crippen molar-refractivity contribution in [1.82, 2.24) is 30.7 Å². The van der Waals surface area contributed by atoms with Crippen molar-refractivity contribution < 1.29 is 29.0 Å². The third-order valence-corrected chi connectivity index (χ3v) is 11.0. The van der Waals surface area contributed by atoms with Gasteiger partial charge in [-0.25, -0.2) is 9.59 Å². The van der Waals surface area contributed by atoms with Gasteiger partial charge in [-0.3, -0.25) is 14.6 Å². The lowest BCUT2D eigenvalue weighted by atomic mass is 9.81. The predicted molar refractivity (Wildman–Crippen MR) is 234 cm³/mol. The Bertz CT molecular complexity index is 2050. The molecule has 13 heteroatoms. The van der Waals surface area contributed by atoms with Gasteiger partial charge in [0.25, 0.3) is 0 Å².